The molecule has 3 rings (SSSR count). The predicted molar refractivity (Wildman–Crippen MR) is 78.6 cm³/mol. The Kier molecular flexibility index (Phi) is 3.98. The quantitative estimate of drug-likeness (QED) is 0.864. The molecule has 0 saturated carbocycles. The zero-order chi connectivity index (χ0) is 13.9. The second kappa shape index (κ2) is 5.88. The van der Waals surface area contributed by atoms with Gasteiger partial charge in [0.15, 0.2) is 0 Å². The van der Waals surface area contributed by atoms with Crippen molar-refractivity contribution >= 4 is 28.6 Å². The van der Waals surface area contributed by atoms with Crippen molar-refractivity contribution in [2.75, 3.05) is 18.0 Å². The molecule has 2 aromatic rings. The van der Waals surface area contributed by atoms with Gasteiger partial charge in [0.25, 0.3) is 5.56 Å². The predicted octanol–water partition coefficient (Wildman–Crippen LogP) is 1.79. The van der Waals surface area contributed by atoms with Crippen LogP contribution in [0.2, 0.25) is 4.47 Å². The molecule has 106 valence electrons. The van der Waals surface area contributed by atoms with Crippen molar-refractivity contribution in [2.24, 2.45) is 0 Å². The summed E-state index contributed by atoms with van der Waals surface area (Å²) in [7, 11) is 0. The van der Waals surface area contributed by atoms with Crippen molar-refractivity contribution in [1.82, 2.24) is 20.0 Å². The van der Waals surface area contributed by atoms with Gasteiger partial charge in [0.2, 0.25) is 4.47 Å². The van der Waals surface area contributed by atoms with Crippen LogP contribution in [-0.4, -0.2) is 33.1 Å². The molecule has 0 bridgehead atoms. The highest BCUT2D eigenvalue weighted by Gasteiger charge is 2.13. The van der Waals surface area contributed by atoms with Gasteiger partial charge < -0.3 is 4.90 Å². The van der Waals surface area contributed by atoms with Gasteiger partial charge in [-0.15, -0.1) is 10.2 Å². The van der Waals surface area contributed by atoms with E-state index in [0.29, 0.717) is 16.0 Å². The molecule has 0 N–H and O–H groups in total. The zero-order valence-electron chi connectivity index (χ0n) is 10.8. The third-order valence-electron chi connectivity index (χ3n) is 3.30. The average Bonchev–Trinajstić information content (AvgIpc) is 2.87. The Morgan fingerprint density at radius 1 is 1.25 bits per heavy atom. The van der Waals surface area contributed by atoms with Gasteiger partial charge in [0.05, 0.1) is 18.4 Å². The molecular weight excluding hydrogens is 298 g/mol. The van der Waals surface area contributed by atoms with E-state index in [1.807, 2.05) is 0 Å². The summed E-state index contributed by atoms with van der Waals surface area (Å²) in [5, 5.41) is 12.5. The van der Waals surface area contributed by atoms with E-state index in [2.05, 4.69) is 20.2 Å². The third kappa shape index (κ3) is 2.99. The topological polar surface area (TPSA) is 63.9 Å². The Bertz CT molecular complexity index is 649. The molecule has 8 heteroatoms. The fourth-order valence-electron chi connectivity index (χ4n) is 2.29. The molecule has 0 radical (unpaired) electrons. The monoisotopic (exact) mass is 311 g/mol. The fraction of sp³-hybridized carbons (Fsp3) is 0.500. The summed E-state index contributed by atoms with van der Waals surface area (Å²) in [4.78, 5) is 14.3. The molecule has 0 spiro atoms. The Morgan fingerprint density at radius 2 is 2.05 bits per heavy atom. The first-order valence-electron chi connectivity index (χ1n) is 6.52. The Balaban J connectivity index is 1.78. The van der Waals surface area contributed by atoms with E-state index in [9.17, 15) is 4.79 Å². The maximum absolute atomic E-state index is 12.1. The van der Waals surface area contributed by atoms with Gasteiger partial charge >= 0.3 is 0 Å². The summed E-state index contributed by atoms with van der Waals surface area (Å²) in [5.74, 6) is 0. The lowest BCUT2D eigenvalue weighted by atomic mass is 10.1. The Morgan fingerprint density at radius 3 is 2.70 bits per heavy atom. The van der Waals surface area contributed by atoms with Crippen molar-refractivity contribution in [3.63, 3.8) is 0 Å². The van der Waals surface area contributed by atoms with Gasteiger partial charge in [0, 0.05) is 19.2 Å². The molecule has 0 unspecified atom stereocenters. The van der Waals surface area contributed by atoms with E-state index in [1.165, 1.54) is 35.3 Å². The second-order valence-electron chi connectivity index (χ2n) is 4.71. The fourth-order valence-corrected chi connectivity index (χ4v) is 3.14. The van der Waals surface area contributed by atoms with E-state index in [-0.39, 0.29) is 5.56 Å². The molecule has 0 aliphatic carbocycles. The summed E-state index contributed by atoms with van der Waals surface area (Å²) in [6, 6.07) is 1.64. The summed E-state index contributed by atoms with van der Waals surface area (Å²) in [5.41, 5.74) is 0.778. The molecule has 0 atom stereocenters. The first-order valence-corrected chi connectivity index (χ1v) is 7.72. The number of aromatic nitrogens is 4. The number of nitrogens with zero attached hydrogens (tertiary/aromatic N) is 5. The summed E-state index contributed by atoms with van der Waals surface area (Å²) in [6.45, 7) is 2.30. The van der Waals surface area contributed by atoms with E-state index >= 15 is 0 Å². The number of piperidine rings is 1. The van der Waals surface area contributed by atoms with Gasteiger partial charge in [-0.05, 0) is 30.9 Å². The van der Waals surface area contributed by atoms with E-state index in [1.54, 1.807) is 12.3 Å². The van der Waals surface area contributed by atoms with Crippen LogP contribution in [0.5, 0.6) is 0 Å². The van der Waals surface area contributed by atoms with Crippen molar-refractivity contribution in [2.45, 2.75) is 25.8 Å². The van der Waals surface area contributed by atoms with Crippen LogP contribution >= 0.6 is 22.9 Å². The van der Waals surface area contributed by atoms with Crippen LogP contribution in [0.4, 0.5) is 5.69 Å². The van der Waals surface area contributed by atoms with Crippen molar-refractivity contribution in [3.05, 3.63) is 32.1 Å². The number of halogens is 1. The number of rotatable bonds is 3. The first kappa shape index (κ1) is 13.5. The Hall–Kier alpha value is -1.47. The maximum atomic E-state index is 12.1. The van der Waals surface area contributed by atoms with Crippen LogP contribution in [0, 0.1) is 0 Å². The maximum Gasteiger partial charge on any atom is 0.269 e. The van der Waals surface area contributed by atoms with Crippen LogP contribution in [0.1, 0.15) is 24.3 Å². The highest BCUT2D eigenvalue weighted by atomic mass is 35.5. The van der Waals surface area contributed by atoms with Gasteiger partial charge in [0.1, 0.15) is 5.01 Å². The van der Waals surface area contributed by atoms with E-state index in [0.717, 1.165) is 18.8 Å². The standard InChI is InChI=1S/C12H14ClN5OS/c13-12-16-15-10(20-12)8-18-11(19)6-9(7-14-18)17-4-2-1-3-5-17/h6-7H,1-5,8H2. The SMILES string of the molecule is O=c1cc(N2CCCCC2)cnn1Cc1nnc(Cl)s1. The summed E-state index contributed by atoms with van der Waals surface area (Å²) < 4.78 is 1.75. The van der Waals surface area contributed by atoms with E-state index < -0.39 is 0 Å². The third-order valence-corrected chi connectivity index (χ3v) is 4.31. The summed E-state index contributed by atoms with van der Waals surface area (Å²) >= 11 is 6.98. The molecule has 6 nitrogen and oxygen atoms in total. The lowest BCUT2D eigenvalue weighted by molar-refractivity contribution is 0.571. The molecule has 2 aromatic heterocycles. The number of anilines is 1. The molecule has 1 aliphatic rings. The molecule has 3 heterocycles. The minimum absolute atomic E-state index is 0.126. The van der Waals surface area contributed by atoms with Gasteiger partial charge in [-0.1, -0.05) is 11.3 Å². The average molecular weight is 312 g/mol. The first-order chi connectivity index (χ1) is 9.72. The smallest absolute Gasteiger partial charge is 0.269 e. The molecule has 0 aromatic carbocycles. The van der Waals surface area contributed by atoms with Crippen molar-refractivity contribution in [1.29, 1.82) is 0 Å². The van der Waals surface area contributed by atoms with Gasteiger partial charge in [-0.3, -0.25) is 4.79 Å². The minimum Gasteiger partial charge on any atom is -0.370 e. The normalized spacial score (nSPS) is 15.6. The highest BCUT2D eigenvalue weighted by molar-refractivity contribution is 7.15. The van der Waals surface area contributed by atoms with E-state index in [4.69, 9.17) is 11.6 Å². The molecule has 20 heavy (non-hydrogen) atoms. The largest absolute Gasteiger partial charge is 0.370 e. The van der Waals surface area contributed by atoms with Crippen LogP contribution in [0.15, 0.2) is 17.1 Å². The van der Waals surface area contributed by atoms with Crippen LogP contribution in [-0.2, 0) is 6.54 Å². The van der Waals surface area contributed by atoms with Gasteiger partial charge in [-0.25, -0.2) is 4.68 Å². The van der Waals surface area contributed by atoms with Crippen LogP contribution < -0.4 is 10.5 Å². The molecule has 1 saturated heterocycles. The van der Waals surface area contributed by atoms with Crippen molar-refractivity contribution < 1.29 is 0 Å². The van der Waals surface area contributed by atoms with Crippen molar-refractivity contribution in [3.8, 4) is 0 Å². The lowest BCUT2D eigenvalue weighted by Crippen LogP contribution is -2.32. The zero-order valence-corrected chi connectivity index (χ0v) is 12.4. The van der Waals surface area contributed by atoms with Crippen LogP contribution in [0.3, 0.4) is 0 Å². The number of hydrogen-bond donors (Lipinski definition) is 0. The molecule has 1 aliphatic heterocycles. The highest BCUT2D eigenvalue weighted by Crippen LogP contribution is 2.18. The second-order valence-corrected chi connectivity index (χ2v) is 6.35. The molecular formula is C12H14ClN5OS. The van der Waals surface area contributed by atoms with Gasteiger partial charge in [-0.2, -0.15) is 5.10 Å². The Labute approximate surface area is 125 Å². The molecule has 0 amide bonds. The minimum atomic E-state index is -0.126. The molecule has 1 fully saturated rings. The lowest BCUT2D eigenvalue weighted by Gasteiger charge is -2.28. The summed E-state index contributed by atoms with van der Waals surface area (Å²) in [6.07, 6.45) is 5.35. The number of hydrogen-bond acceptors (Lipinski definition) is 6. The van der Waals surface area contributed by atoms with Crippen LogP contribution in [0.25, 0.3) is 0 Å².